The van der Waals surface area contributed by atoms with Gasteiger partial charge in [0.15, 0.2) is 0 Å². The molecule has 0 fully saturated rings. The fourth-order valence-electron chi connectivity index (χ4n) is 1.71. The van der Waals surface area contributed by atoms with E-state index in [0.29, 0.717) is 5.03 Å². The van der Waals surface area contributed by atoms with Gasteiger partial charge in [-0.05, 0) is 13.0 Å². The first-order valence-corrected chi connectivity index (χ1v) is 6.89. The summed E-state index contributed by atoms with van der Waals surface area (Å²) in [5.74, 6) is -1.24. The maximum absolute atomic E-state index is 11.1. The highest BCUT2D eigenvalue weighted by atomic mass is 32.2. The number of carbonyl (C=O) groups is 2. The molecule has 0 saturated heterocycles. The lowest BCUT2D eigenvalue weighted by Crippen LogP contribution is -2.41. The number of carboxylic acids is 1. The molecule has 0 bridgehead atoms. The standard InChI is InChI=1S/C12H14N4O3S/c1-7-5-10-11(13-3-4-16(10)15-7)20-6-9(12(18)19)14-8(2)17/h3-5,9H,6H2,1-2H3,(H,14,17)(H,18,19)/t9-/m0/s1. The molecule has 7 nitrogen and oxygen atoms in total. The molecule has 2 rings (SSSR count). The highest BCUT2D eigenvalue weighted by Crippen LogP contribution is 2.22. The highest BCUT2D eigenvalue weighted by Gasteiger charge is 2.19. The van der Waals surface area contributed by atoms with E-state index in [2.05, 4.69) is 15.4 Å². The third-order valence-electron chi connectivity index (χ3n) is 2.54. The second-order valence-corrected chi connectivity index (χ2v) is 5.26. The molecule has 0 spiro atoms. The number of fused-ring (bicyclic) bond motifs is 1. The summed E-state index contributed by atoms with van der Waals surface area (Å²) in [5, 5.41) is 16.4. The number of thioether (sulfide) groups is 1. The van der Waals surface area contributed by atoms with E-state index in [1.54, 1.807) is 16.9 Å². The van der Waals surface area contributed by atoms with E-state index in [0.717, 1.165) is 11.2 Å². The van der Waals surface area contributed by atoms with Gasteiger partial charge in [-0.25, -0.2) is 14.3 Å². The quantitative estimate of drug-likeness (QED) is 0.789. The van der Waals surface area contributed by atoms with Gasteiger partial charge >= 0.3 is 5.97 Å². The average molecular weight is 294 g/mol. The van der Waals surface area contributed by atoms with Gasteiger partial charge in [0.05, 0.1) is 11.2 Å². The number of carbonyl (C=O) groups excluding carboxylic acids is 1. The average Bonchev–Trinajstić information content (AvgIpc) is 2.74. The molecule has 0 saturated carbocycles. The lowest BCUT2D eigenvalue weighted by molar-refractivity contribution is -0.140. The van der Waals surface area contributed by atoms with Gasteiger partial charge in [0.1, 0.15) is 11.1 Å². The zero-order valence-corrected chi connectivity index (χ0v) is 11.8. The van der Waals surface area contributed by atoms with E-state index < -0.39 is 12.0 Å². The Bertz CT molecular complexity index is 655. The summed E-state index contributed by atoms with van der Waals surface area (Å²) in [6, 6.07) is 0.937. The van der Waals surface area contributed by atoms with Gasteiger partial charge in [-0.3, -0.25) is 4.79 Å². The molecule has 1 amide bonds. The Balaban J connectivity index is 2.15. The first-order chi connectivity index (χ1) is 9.47. The Morgan fingerprint density at radius 2 is 2.30 bits per heavy atom. The smallest absolute Gasteiger partial charge is 0.327 e. The molecule has 2 aromatic rings. The molecule has 1 atom stereocenters. The minimum Gasteiger partial charge on any atom is -0.480 e. The van der Waals surface area contributed by atoms with Crippen molar-refractivity contribution in [2.75, 3.05) is 5.75 Å². The number of hydrogen-bond acceptors (Lipinski definition) is 5. The monoisotopic (exact) mass is 294 g/mol. The molecule has 0 aliphatic heterocycles. The van der Waals surface area contributed by atoms with Gasteiger partial charge in [-0.1, -0.05) is 0 Å². The second kappa shape index (κ2) is 5.91. The molecule has 8 heteroatoms. The van der Waals surface area contributed by atoms with E-state index in [-0.39, 0.29) is 11.7 Å². The summed E-state index contributed by atoms with van der Waals surface area (Å²) in [6.45, 7) is 3.17. The summed E-state index contributed by atoms with van der Waals surface area (Å²) < 4.78 is 1.69. The lowest BCUT2D eigenvalue weighted by atomic mass is 10.3. The lowest BCUT2D eigenvalue weighted by Gasteiger charge is -2.12. The maximum Gasteiger partial charge on any atom is 0.327 e. The van der Waals surface area contributed by atoms with Crippen LogP contribution >= 0.6 is 11.8 Å². The minimum absolute atomic E-state index is 0.200. The number of aromatic nitrogens is 3. The summed E-state index contributed by atoms with van der Waals surface area (Å²) in [4.78, 5) is 26.3. The maximum atomic E-state index is 11.1. The van der Waals surface area contributed by atoms with Crippen LogP contribution in [0.25, 0.3) is 5.52 Å². The zero-order chi connectivity index (χ0) is 14.7. The number of rotatable bonds is 5. The van der Waals surface area contributed by atoms with E-state index >= 15 is 0 Å². The van der Waals surface area contributed by atoms with Crippen LogP contribution in [0.3, 0.4) is 0 Å². The van der Waals surface area contributed by atoms with E-state index in [1.165, 1.54) is 18.7 Å². The van der Waals surface area contributed by atoms with Crippen LogP contribution in [0.1, 0.15) is 12.6 Å². The number of carboxylic acid groups (broad SMARTS) is 1. The van der Waals surface area contributed by atoms with Crippen molar-refractivity contribution in [3.05, 3.63) is 24.2 Å². The van der Waals surface area contributed by atoms with Crippen LogP contribution in [-0.4, -0.2) is 43.4 Å². The number of aliphatic carboxylic acids is 1. The van der Waals surface area contributed by atoms with Gasteiger partial charge < -0.3 is 10.4 Å². The van der Waals surface area contributed by atoms with Crippen molar-refractivity contribution in [2.24, 2.45) is 0 Å². The molecule has 0 aliphatic rings. The molecule has 0 aliphatic carbocycles. The minimum atomic E-state index is -1.07. The summed E-state index contributed by atoms with van der Waals surface area (Å²) in [7, 11) is 0. The summed E-state index contributed by atoms with van der Waals surface area (Å²) in [5.41, 5.74) is 1.68. The van der Waals surface area contributed by atoms with Crippen LogP contribution in [0.5, 0.6) is 0 Å². The molecule has 0 unspecified atom stereocenters. The SMILES string of the molecule is CC(=O)N[C@@H](CSc1nccn2nc(C)cc12)C(=O)O. The van der Waals surface area contributed by atoms with Crippen LogP contribution < -0.4 is 5.32 Å². The molecule has 0 radical (unpaired) electrons. The summed E-state index contributed by atoms with van der Waals surface area (Å²) in [6.07, 6.45) is 3.34. The molecule has 20 heavy (non-hydrogen) atoms. The second-order valence-electron chi connectivity index (χ2n) is 4.25. The molecule has 0 aromatic carbocycles. The zero-order valence-electron chi connectivity index (χ0n) is 11.0. The van der Waals surface area contributed by atoms with Gasteiger partial charge in [0.25, 0.3) is 0 Å². The first kappa shape index (κ1) is 14.3. The fraction of sp³-hybridized carbons (Fsp3) is 0.333. The Morgan fingerprint density at radius 3 is 2.95 bits per heavy atom. The third-order valence-corrected chi connectivity index (χ3v) is 3.63. The molecule has 2 N–H and O–H groups in total. The Morgan fingerprint density at radius 1 is 1.55 bits per heavy atom. The number of aryl methyl sites for hydroxylation is 1. The van der Waals surface area contributed by atoms with Crippen molar-refractivity contribution in [2.45, 2.75) is 24.9 Å². The number of nitrogens with one attached hydrogen (secondary N) is 1. The van der Waals surface area contributed by atoms with Gasteiger partial charge in [0, 0.05) is 25.1 Å². The largest absolute Gasteiger partial charge is 0.480 e. The van der Waals surface area contributed by atoms with E-state index in [1.807, 2.05) is 13.0 Å². The van der Waals surface area contributed by atoms with Crippen LogP contribution in [0.2, 0.25) is 0 Å². The van der Waals surface area contributed by atoms with Gasteiger partial charge in [0.2, 0.25) is 5.91 Å². The fourth-order valence-corrected chi connectivity index (χ4v) is 2.70. The van der Waals surface area contributed by atoms with Crippen molar-refractivity contribution < 1.29 is 14.7 Å². The Labute approximate surface area is 119 Å². The van der Waals surface area contributed by atoms with Crippen LogP contribution in [-0.2, 0) is 9.59 Å². The van der Waals surface area contributed by atoms with Gasteiger partial charge in [-0.15, -0.1) is 11.8 Å². The summed E-state index contributed by atoms with van der Waals surface area (Å²) >= 11 is 1.27. The van der Waals surface area contributed by atoms with Crippen LogP contribution in [0, 0.1) is 6.92 Å². The van der Waals surface area contributed by atoms with Crippen LogP contribution in [0.4, 0.5) is 0 Å². The molecule has 106 valence electrons. The van der Waals surface area contributed by atoms with Crippen molar-refractivity contribution >= 4 is 29.2 Å². The Kier molecular flexibility index (Phi) is 4.23. The highest BCUT2D eigenvalue weighted by molar-refractivity contribution is 7.99. The van der Waals surface area contributed by atoms with Crippen molar-refractivity contribution in [1.82, 2.24) is 19.9 Å². The third kappa shape index (κ3) is 3.27. The van der Waals surface area contributed by atoms with Crippen molar-refractivity contribution in [1.29, 1.82) is 0 Å². The first-order valence-electron chi connectivity index (χ1n) is 5.91. The number of hydrogen-bond donors (Lipinski definition) is 2. The van der Waals surface area contributed by atoms with E-state index in [9.17, 15) is 9.59 Å². The topological polar surface area (TPSA) is 96.6 Å². The normalized spacial score (nSPS) is 12.3. The number of amides is 1. The molecule has 2 heterocycles. The van der Waals surface area contributed by atoms with Crippen molar-refractivity contribution in [3.8, 4) is 0 Å². The van der Waals surface area contributed by atoms with Gasteiger partial charge in [-0.2, -0.15) is 5.10 Å². The van der Waals surface area contributed by atoms with Crippen LogP contribution in [0.15, 0.2) is 23.5 Å². The predicted octanol–water partition coefficient (Wildman–Crippen LogP) is 0.719. The molecular formula is C12H14N4O3S. The van der Waals surface area contributed by atoms with Crippen molar-refractivity contribution in [3.63, 3.8) is 0 Å². The molecule has 2 aromatic heterocycles. The number of nitrogens with zero attached hydrogens (tertiary/aromatic N) is 3. The Hall–Kier alpha value is -2.09. The molecular weight excluding hydrogens is 280 g/mol. The predicted molar refractivity (Wildman–Crippen MR) is 73.7 cm³/mol. The van der Waals surface area contributed by atoms with E-state index in [4.69, 9.17) is 5.11 Å².